The minimum atomic E-state index is -0.793. The number of allylic oxidation sites excluding steroid dienone is 1. The number of halogens is 1. The van der Waals surface area contributed by atoms with Crippen LogP contribution in [0, 0.1) is 3.57 Å². The lowest BCUT2D eigenvalue weighted by Gasteiger charge is -2.23. The molecule has 0 saturated carbocycles. The first-order chi connectivity index (χ1) is 23.3. The van der Waals surface area contributed by atoms with Crippen LogP contribution in [0.2, 0.25) is 0 Å². The molecule has 0 radical (unpaired) electrons. The summed E-state index contributed by atoms with van der Waals surface area (Å²) in [5.41, 5.74) is 3.25. The zero-order chi connectivity index (χ0) is 34.2. The third-order valence-corrected chi connectivity index (χ3v) is 9.14. The zero-order valence-corrected chi connectivity index (χ0v) is 30.3. The lowest BCUT2D eigenvalue weighted by atomic mass is 9.97. The molecular formula is C37H37IN2O7S. The van der Waals surface area contributed by atoms with Crippen LogP contribution in [0.3, 0.4) is 0 Å². The number of esters is 1. The molecule has 0 saturated heterocycles. The fraction of sp³-hybridized carbons (Fsp3) is 0.270. The van der Waals surface area contributed by atoms with Gasteiger partial charge in [0.15, 0.2) is 27.8 Å². The Morgan fingerprint density at radius 3 is 2.35 bits per heavy atom. The Bertz CT molecular complexity index is 2010. The number of nitrogens with zero attached hydrogens (tertiary/aromatic N) is 2. The molecule has 250 valence electrons. The summed E-state index contributed by atoms with van der Waals surface area (Å²) < 4.78 is 32.2. The molecule has 0 bridgehead atoms. The molecule has 1 aromatic heterocycles. The van der Waals surface area contributed by atoms with E-state index in [4.69, 9.17) is 23.7 Å². The number of benzene rings is 3. The first-order valence-corrected chi connectivity index (χ1v) is 17.5. The third-order valence-electron chi connectivity index (χ3n) is 7.42. The standard InChI is InChI=1S/C37H37IN2O7S/c1-6-10-26-17-24(18-31(46-9-4)34(26)47-22-23-11-14-27(38)15-12-23)19-32-35(41)40-33(28(36(42)43-5)21-39-37(40)48-32)25-13-16-29(44-7-2)30(20-25)45-8-3/h6,11-21,33H,1,7-10,22H2,2-5H3/b32-19-/t33-/m0/s1. The van der Waals surface area contributed by atoms with Crippen LogP contribution in [0.1, 0.15) is 49.1 Å². The number of hydrogen-bond donors (Lipinski definition) is 0. The van der Waals surface area contributed by atoms with Crippen LogP contribution in [-0.4, -0.2) is 37.5 Å². The second kappa shape index (κ2) is 16.2. The molecule has 0 amide bonds. The smallest absolute Gasteiger partial charge is 0.337 e. The van der Waals surface area contributed by atoms with E-state index in [1.54, 1.807) is 12.1 Å². The SMILES string of the molecule is C=CCc1cc(/C=c2\sc3n(c2=O)[C@@H](c2ccc(OCC)c(OCC)c2)C(C(=O)OC)=CN=3)cc(OCC)c1OCc1ccc(I)cc1. The molecule has 1 aliphatic rings. The Morgan fingerprint density at radius 2 is 1.67 bits per heavy atom. The summed E-state index contributed by atoms with van der Waals surface area (Å²) in [6.07, 6.45) is 5.62. The number of thiazole rings is 1. The third kappa shape index (κ3) is 7.68. The second-order valence-electron chi connectivity index (χ2n) is 10.6. The van der Waals surface area contributed by atoms with E-state index in [0.29, 0.717) is 70.7 Å². The van der Waals surface area contributed by atoms with Crippen molar-refractivity contribution in [1.82, 2.24) is 4.57 Å². The molecule has 0 aliphatic carbocycles. The highest BCUT2D eigenvalue weighted by Crippen LogP contribution is 2.36. The van der Waals surface area contributed by atoms with Gasteiger partial charge >= 0.3 is 5.97 Å². The summed E-state index contributed by atoms with van der Waals surface area (Å²) >= 11 is 3.51. The number of aromatic nitrogens is 1. The first-order valence-electron chi connectivity index (χ1n) is 15.6. The average Bonchev–Trinajstić information content (AvgIpc) is 3.40. The van der Waals surface area contributed by atoms with Crippen molar-refractivity contribution in [3.63, 3.8) is 0 Å². The number of carbonyl (C=O) groups is 1. The van der Waals surface area contributed by atoms with Gasteiger partial charge in [0.05, 0.1) is 43.1 Å². The molecule has 9 nitrogen and oxygen atoms in total. The summed E-state index contributed by atoms with van der Waals surface area (Å²) in [6.45, 7) is 11.3. The highest BCUT2D eigenvalue weighted by molar-refractivity contribution is 14.1. The van der Waals surface area contributed by atoms with Gasteiger partial charge in [-0.2, -0.15) is 0 Å². The van der Waals surface area contributed by atoms with Gasteiger partial charge in [-0.15, -0.1) is 6.58 Å². The maximum absolute atomic E-state index is 14.2. The Labute approximate surface area is 296 Å². The Balaban J connectivity index is 1.61. The summed E-state index contributed by atoms with van der Waals surface area (Å²) in [7, 11) is 1.31. The largest absolute Gasteiger partial charge is 0.490 e. The number of hydrogen-bond acceptors (Lipinski definition) is 9. The molecule has 2 heterocycles. The van der Waals surface area contributed by atoms with E-state index < -0.39 is 12.0 Å². The van der Waals surface area contributed by atoms with Gasteiger partial charge in [0, 0.05) is 15.3 Å². The van der Waals surface area contributed by atoms with Crippen LogP contribution in [0.4, 0.5) is 0 Å². The fourth-order valence-electron chi connectivity index (χ4n) is 5.38. The van der Waals surface area contributed by atoms with Crippen molar-refractivity contribution in [3.8, 4) is 23.0 Å². The minimum absolute atomic E-state index is 0.226. The van der Waals surface area contributed by atoms with Crippen molar-refractivity contribution in [2.75, 3.05) is 26.9 Å². The Hall–Kier alpha value is -4.36. The molecule has 0 unspecified atom stereocenters. The maximum Gasteiger partial charge on any atom is 0.337 e. The molecule has 0 spiro atoms. The van der Waals surface area contributed by atoms with Crippen LogP contribution in [-0.2, 0) is 22.6 Å². The highest BCUT2D eigenvalue weighted by atomic mass is 127. The van der Waals surface area contributed by atoms with E-state index in [1.807, 2.05) is 75.4 Å². The van der Waals surface area contributed by atoms with Gasteiger partial charge in [-0.3, -0.25) is 9.36 Å². The topological polar surface area (TPSA) is 97.6 Å². The number of carbonyl (C=O) groups excluding carboxylic acids is 1. The van der Waals surface area contributed by atoms with E-state index in [9.17, 15) is 9.59 Å². The van der Waals surface area contributed by atoms with Crippen molar-refractivity contribution >= 4 is 46.0 Å². The quantitative estimate of drug-likeness (QED) is 0.0864. The molecule has 0 fully saturated rings. The molecule has 48 heavy (non-hydrogen) atoms. The molecular weight excluding hydrogens is 743 g/mol. The van der Waals surface area contributed by atoms with Gasteiger partial charge < -0.3 is 23.7 Å². The number of methoxy groups -OCH3 is 1. The second-order valence-corrected chi connectivity index (χ2v) is 12.9. The van der Waals surface area contributed by atoms with Gasteiger partial charge in [-0.25, -0.2) is 9.79 Å². The van der Waals surface area contributed by atoms with Gasteiger partial charge in [0.2, 0.25) is 0 Å². The van der Waals surface area contributed by atoms with E-state index in [-0.39, 0.29) is 11.1 Å². The van der Waals surface area contributed by atoms with Crippen molar-refractivity contribution < 1.29 is 28.5 Å². The summed E-state index contributed by atoms with van der Waals surface area (Å²) in [5, 5.41) is 0. The van der Waals surface area contributed by atoms with Crippen LogP contribution >= 0.6 is 33.9 Å². The van der Waals surface area contributed by atoms with Gasteiger partial charge in [0.1, 0.15) is 6.61 Å². The summed E-state index contributed by atoms with van der Waals surface area (Å²) in [4.78, 5) is 32.1. The molecule has 3 aromatic carbocycles. The average molecular weight is 781 g/mol. The van der Waals surface area contributed by atoms with Crippen LogP contribution in [0.5, 0.6) is 23.0 Å². The van der Waals surface area contributed by atoms with E-state index in [2.05, 4.69) is 34.2 Å². The molecule has 5 rings (SSSR count). The van der Waals surface area contributed by atoms with Crippen molar-refractivity contribution in [3.05, 3.63) is 125 Å². The van der Waals surface area contributed by atoms with E-state index in [0.717, 1.165) is 20.3 Å². The summed E-state index contributed by atoms with van der Waals surface area (Å²) in [5.74, 6) is 1.72. The van der Waals surface area contributed by atoms with Gasteiger partial charge in [-0.05, 0) is 109 Å². The van der Waals surface area contributed by atoms with Crippen LogP contribution in [0.15, 0.2) is 88.8 Å². The monoisotopic (exact) mass is 780 g/mol. The first kappa shape index (κ1) is 35.0. The van der Waals surface area contributed by atoms with Gasteiger partial charge in [-0.1, -0.05) is 35.6 Å². The Kier molecular flexibility index (Phi) is 11.8. The zero-order valence-electron chi connectivity index (χ0n) is 27.3. The van der Waals surface area contributed by atoms with Crippen LogP contribution < -0.4 is 33.8 Å². The number of fused-ring (bicyclic) bond motifs is 1. The molecule has 11 heteroatoms. The summed E-state index contributed by atoms with van der Waals surface area (Å²) in [6, 6.07) is 16.6. The lowest BCUT2D eigenvalue weighted by molar-refractivity contribution is -0.136. The van der Waals surface area contributed by atoms with Crippen molar-refractivity contribution in [1.29, 1.82) is 0 Å². The Morgan fingerprint density at radius 1 is 0.958 bits per heavy atom. The van der Waals surface area contributed by atoms with Crippen molar-refractivity contribution in [2.24, 2.45) is 4.99 Å². The van der Waals surface area contributed by atoms with Crippen LogP contribution in [0.25, 0.3) is 6.08 Å². The highest BCUT2D eigenvalue weighted by Gasteiger charge is 2.31. The molecule has 1 atom stereocenters. The van der Waals surface area contributed by atoms with Crippen molar-refractivity contribution in [2.45, 2.75) is 39.8 Å². The predicted molar refractivity (Wildman–Crippen MR) is 195 cm³/mol. The predicted octanol–water partition coefficient (Wildman–Crippen LogP) is 6.13. The van der Waals surface area contributed by atoms with Gasteiger partial charge in [0.25, 0.3) is 5.56 Å². The maximum atomic E-state index is 14.2. The molecule has 0 N–H and O–H groups in total. The number of rotatable bonds is 14. The van der Waals surface area contributed by atoms with E-state index in [1.165, 1.54) is 29.2 Å². The normalized spacial score (nSPS) is 14.0. The lowest BCUT2D eigenvalue weighted by Crippen LogP contribution is -2.39. The number of ether oxygens (including phenoxy) is 5. The van der Waals surface area contributed by atoms with E-state index >= 15 is 0 Å². The molecule has 1 aliphatic heterocycles. The minimum Gasteiger partial charge on any atom is -0.490 e. The fourth-order valence-corrected chi connectivity index (χ4v) is 6.70. The molecule has 4 aromatic rings.